The van der Waals surface area contributed by atoms with Crippen LogP contribution in [0.1, 0.15) is 5.69 Å². The van der Waals surface area contributed by atoms with Gasteiger partial charge >= 0.3 is 7.18 Å². The molecule has 0 fully saturated rings. The van der Waals surface area contributed by atoms with Crippen molar-refractivity contribution in [2.24, 2.45) is 0 Å². The van der Waals surface area contributed by atoms with Crippen LogP contribution in [0, 0.1) is 6.92 Å². The molecular formula is C6H7BF3NO. The maximum absolute atomic E-state index is 11.7. The first-order valence-corrected chi connectivity index (χ1v) is 3.34. The second-order valence-electron chi connectivity index (χ2n) is 2.29. The maximum Gasteiger partial charge on any atom is 0.752 e. The van der Waals surface area contributed by atoms with Gasteiger partial charge in [-0.3, -0.25) is 0 Å². The molecule has 0 N–H and O–H groups in total. The van der Waals surface area contributed by atoms with Gasteiger partial charge in [0.2, 0.25) is 11.9 Å². The minimum Gasteiger partial charge on any atom is -0.407 e. The van der Waals surface area contributed by atoms with E-state index in [0.29, 0.717) is 10.4 Å². The van der Waals surface area contributed by atoms with Gasteiger partial charge in [0.15, 0.2) is 0 Å². The molecule has 1 aromatic heterocycles. The molecule has 1 aromatic rings. The number of hydrogen-bond acceptors (Lipinski definition) is 1. The van der Waals surface area contributed by atoms with Gasteiger partial charge in [-0.15, -0.1) is 0 Å². The van der Waals surface area contributed by atoms with Crippen molar-refractivity contribution in [1.82, 2.24) is 0 Å². The van der Waals surface area contributed by atoms with E-state index in [1.165, 1.54) is 25.3 Å². The number of aromatic nitrogens is 1. The summed E-state index contributed by atoms with van der Waals surface area (Å²) in [4.78, 5) is 0. The quantitative estimate of drug-likeness (QED) is 0.486. The highest BCUT2D eigenvalue weighted by atomic mass is 19.4. The summed E-state index contributed by atoms with van der Waals surface area (Å²) in [6.07, 6.45) is 1.21. The molecule has 12 heavy (non-hydrogen) atoms. The van der Waals surface area contributed by atoms with E-state index in [-0.39, 0.29) is 0 Å². The lowest BCUT2D eigenvalue weighted by molar-refractivity contribution is -0.872. The standard InChI is InChI=1S/C6H7BF3NO/c1-6-4-2-3-5-11(6)12-7(8,9)10/h2-5H,1H3. The second-order valence-corrected chi connectivity index (χ2v) is 2.29. The summed E-state index contributed by atoms with van der Waals surface area (Å²) in [5.74, 6) is 0. The number of aryl methyl sites for hydroxylation is 1. The van der Waals surface area contributed by atoms with Gasteiger partial charge in [0.25, 0.3) is 0 Å². The van der Waals surface area contributed by atoms with Crippen molar-refractivity contribution in [2.75, 3.05) is 0 Å². The van der Waals surface area contributed by atoms with Crippen LogP contribution in [0.25, 0.3) is 0 Å². The van der Waals surface area contributed by atoms with Gasteiger partial charge in [0.1, 0.15) is 0 Å². The maximum atomic E-state index is 11.7. The Hall–Kier alpha value is -1.20. The molecule has 1 rings (SSSR count). The zero-order valence-corrected chi connectivity index (χ0v) is 6.38. The molecule has 0 saturated carbocycles. The molecule has 0 aliphatic heterocycles. The molecule has 1 heterocycles. The Kier molecular flexibility index (Phi) is 2.26. The third kappa shape index (κ3) is 2.45. The lowest BCUT2D eigenvalue weighted by Gasteiger charge is -2.10. The highest BCUT2D eigenvalue weighted by molar-refractivity contribution is 6.50. The number of hydrogen-bond donors (Lipinski definition) is 0. The van der Waals surface area contributed by atoms with E-state index >= 15 is 0 Å². The van der Waals surface area contributed by atoms with E-state index < -0.39 is 7.18 Å². The smallest absolute Gasteiger partial charge is 0.407 e. The average molecular weight is 177 g/mol. The molecule has 0 bridgehead atoms. The van der Waals surface area contributed by atoms with Gasteiger partial charge < -0.3 is 17.7 Å². The number of pyridine rings is 1. The van der Waals surface area contributed by atoms with Crippen molar-refractivity contribution in [3.8, 4) is 0 Å². The summed E-state index contributed by atoms with van der Waals surface area (Å²) in [5, 5.41) is 0. The van der Waals surface area contributed by atoms with E-state index in [1.807, 2.05) is 0 Å². The van der Waals surface area contributed by atoms with Crippen LogP contribution in [0.2, 0.25) is 0 Å². The van der Waals surface area contributed by atoms with Crippen LogP contribution < -0.4 is 9.49 Å². The zero-order chi connectivity index (χ0) is 9.19. The average Bonchev–Trinajstić information content (AvgIpc) is 1.91. The van der Waals surface area contributed by atoms with E-state index in [4.69, 9.17) is 0 Å². The summed E-state index contributed by atoms with van der Waals surface area (Å²) < 4.78 is 39.6. The van der Waals surface area contributed by atoms with Crippen LogP contribution in [-0.2, 0) is 0 Å². The van der Waals surface area contributed by atoms with Gasteiger partial charge in [0.05, 0.1) is 0 Å². The molecule has 66 valence electrons. The summed E-state index contributed by atoms with van der Waals surface area (Å²) in [7, 11) is -5.24. The predicted molar refractivity (Wildman–Crippen MR) is 37.0 cm³/mol. The van der Waals surface area contributed by atoms with Gasteiger partial charge in [0, 0.05) is 19.1 Å². The second kappa shape index (κ2) is 3.04. The molecule has 6 heteroatoms. The van der Waals surface area contributed by atoms with Crippen LogP contribution in [0.4, 0.5) is 12.9 Å². The fourth-order valence-electron chi connectivity index (χ4n) is 0.761. The normalized spacial score (nSPS) is 11.3. The van der Waals surface area contributed by atoms with Crippen molar-refractivity contribution in [3.05, 3.63) is 30.1 Å². The molecule has 0 aliphatic rings. The van der Waals surface area contributed by atoms with Crippen molar-refractivity contribution >= 4 is 7.18 Å². The van der Waals surface area contributed by atoms with Crippen molar-refractivity contribution in [2.45, 2.75) is 6.92 Å². The molecule has 0 aromatic carbocycles. The Morgan fingerprint density at radius 2 is 2.00 bits per heavy atom. The van der Waals surface area contributed by atoms with Gasteiger partial charge in [-0.1, -0.05) is 0 Å². The Labute approximate surface area is 67.6 Å². The largest absolute Gasteiger partial charge is 0.752 e. The molecule has 0 aliphatic carbocycles. The fourth-order valence-corrected chi connectivity index (χ4v) is 0.761. The number of halogens is 3. The first-order valence-electron chi connectivity index (χ1n) is 3.34. The SMILES string of the molecule is Cc1cccc[n+]1O[B-](F)(F)F. The molecule has 0 amide bonds. The lowest BCUT2D eigenvalue weighted by Crippen LogP contribution is -2.54. The highest BCUT2D eigenvalue weighted by Gasteiger charge is 2.34. The third-order valence-corrected chi connectivity index (χ3v) is 1.25. The Morgan fingerprint density at radius 3 is 2.50 bits per heavy atom. The van der Waals surface area contributed by atoms with E-state index in [2.05, 4.69) is 4.76 Å². The molecule has 0 radical (unpaired) electrons. The zero-order valence-electron chi connectivity index (χ0n) is 6.38. The summed E-state index contributed by atoms with van der Waals surface area (Å²) in [6.45, 7) is 1.53. The van der Waals surface area contributed by atoms with Crippen molar-refractivity contribution < 1.29 is 22.4 Å². The molecule has 0 atom stereocenters. The minimum atomic E-state index is -5.24. The van der Waals surface area contributed by atoms with E-state index in [1.54, 1.807) is 6.07 Å². The first-order chi connectivity index (χ1) is 5.49. The third-order valence-electron chi connectivity index (χ3n) is 1.25. The number of rotatable bonds is 2. The Morgan fingerprint density at radius 1 is 1.33 bits per heavy atom. The van der Waals surface area contributed by atoms with E-state index in [0.717, 1.165) is 0 Å². The van der Waals surface area contributed by atoms with Gasteiger partial charge in [-0.2, -0.15) is 0 Å². The summed E-state index contributed by atoms with van der Waals surface area (Å²) in [6, 6.07) is 4.63. The summed E-state index contributed by atoms with van der Waals surface area (Å²) >= 11 is 0. The van der Waals surface area contributed by atoms with Crippen LogP contribution in [0.15, 0.2) is 24.4 Å². The first kappa shape index (κ1) is 8.90. The van der Waals surface area contributed by atoms with E-state index in [9.17, 15) is 12.9 Å². The minimum absolute atomic E-state index is 0.400. The molecule has 0 spiro atoms. The van der Waals surface area contributed by atoms with Crippen molar-refractivity contribution in [1.29, 1.82) is 0 Å². The molecule has 2 nitrogen and oxygen atoms in total. The van der Waals surface area contributed by atoms with Gasteiger partial charge in [-0.25, -0.2) is 0 Å². The van der Waals surface area contributed by atoms with Crippen molar-refractivity contribution in [3.63, 3.8) is 0 Å². The summed E-state index contributed by atoms with van der Waals surface area (Å²) in [5.41, 5.74) is 0.400. The lowest BCUT2D eigenvalue weighted by atomic mass is 10.3. The monoisotopic (exact) mass is 177 g/mol. The topological polar surface area (TPSA) is 13.1 Å². The van der Waals surface area contributed by atoms with Gasteiger partial charge in [-0.05, 0) is 10.8 Å². The van der Waals surface area contributed by atoms with Crippen LogP contribution >= 0.6 is 0 Å². The Balaban J connectivity index is 2.83. The molecular weight excluding hydrogens is 170 g/mol. The Bertz CT molecular complexity index is 276. The predicted octanol–water partition coefficient (Wildman–Crippen LogP) is 1.06. The fraction of sp³-hybridized carbons (Fsp3) is 0.167. The van der Waals surface area contributed by atoms with Crippen LogP contribution in [0.5, 0.6) is 0 Å². The highest BCUT2D eigenvalue weighted by Crippen LogP contribution is 2.03. The number of nitrogens with zero attached hydrogens (tertiary/aromatic N) is 1. The molecule has 0 saturated heterocycles. The molecule has 0 unspecified atom stereocenters. The van der Waals surface area contributed by atoms with Crippen LogP contribution in [0.3, 0.4) is 0 Å². The van der Waals surface area contributed by atoms with Crippen LogP contribution in [-0.4, -0.2) is 7.18 Å².